The molecule has 1 aromatic carbocycles. The van der Waals surface area contributed by atoms with E-state index in [9.17, 15) is 4.79 Å². The Kier molecular flexibility index (Phi) is 4.77. The highest BCUT2D eigenvalue weighted by atomic mass is 32.2. The standard InChI is InChI=1S/C22H19N3OS/c1-15-6-9-17(10-7-15)22-18(25-14-16(2)8-11-19(25)24-22)13-21(26)27-20-5-3-4-12-23-20/h3-12,14H,13H2,1-2H3. The summed E-state index contributed by atoms with van der Waals surface area (Å²) in [6.07, 6.45) is 4.02. The molecule has 0 fully saturated rings. The topological polar surface area (TPSA) is 47.3 Å². The first-order chi connectivity index (χ1) is 13.1. The van der Waals surface area contributed by atoms with Crippen molar-refractivity contribution in [3.05, 3.63) is 83.8 Å². The van der Waals surface area contributed by atoms with Crippen molar-refractivity contribution in [3.63, 3.8) is 0 Å². The minimum atomic E-state index is 0.0466. The summed E-state index contributed by atoms with van der Waals surface area (Å²) in [5, 5.41) is 0.759. The first-order valence-corrected chi connectivity index (χ1v) is 9.58. The van der Waals surface area contributed by atoms with Crippen LogP contribution in [0.15, 0.2) is 72.0 Å². The van der Waals surface area contributed by atoms with Crippen LogP contribution in [0, 0.1) is 13.8 Å². The van der Waals surface area contributed by atoms with Crippen LogP contribution in [-0.2, 0) is 11.2 Å². The maximum absolute atomic E-state index is 12.7. The summed E-state index contributed by atoms with van der Waals surface area (Å²) in [4.78, 5) is 21.8. The van der Waals surface area contributed by atoms with Gasteiger partial charge in [0.2, 0.25) is 5.12 Å². The molecule has 0 radical (unpaired) electrons. The summed E-state index contributed by atoms with van der Waals surface area (Å²) in [6.45, 7) is 4.10. The zero-order valence-corrected chi connectivity index (χ0v) is 16.0. The van der Waals surface area contributed by atoms with Gasteiger partial charge in [-0.25, -0.2) is 9.97 Å². The molecule has 3 heterocycles. The molecule has 0 aliphatic heterocycles. The van der Waals surface area contributed by atoms with Gasteiger partial charge in [-0.1, -0.05) is 42.0 Å². The van der Waals surface area contributed by atoms with Crippen LogP contribution in [0.1, 0.15) is 16.8 Å². The second kappa shape index (κ2) is 7.37. The van der Waals surface area contributed by atoms with Gasteiger partial charge in [0.05, 0.1) is 17.8 Å². The van der Waals surface area contributed by atoms with Gasteiger partial charge in [0.1, 0.15) is 10.7 Å². The molecule has 0 aliphatic rings. The van der Waals surface area contributed by atoms with Gasteiger partial charge in [0.25, 0.3) is 0 Å². The minimum Gasteiger partial charge on any atom is -0.303 e. The molecule has 134 valence electrons. The highest BCUT2D eigenvalue weighted by Crippen LogP contribution is 2.28. The van der Waals surface area contributed by atoms with E-state index in [-0.39, 0.29) is 11.5 Å². The van der Waals surface area contributed by atoms with E-state index in [1.165, 1.54) is 17.3 Å². The predicted molar refractivity (Wildman–Crippen MR) is 109 cm³/mol. The van der Waals surface area contributed by atoms with E-state index in [2.05, 4.69) is 36.2 Å². The largest absolute Gasteiger partial charge is 0.303 e. The zero-order chi connectivity index (χ0) is 18.8. The minimum absolute atomic E-state index is 0.0466. The fraction of sp³-hybridized carbons (Fsp3) is 0.136. The monoisotopic (exact) mass is 373 g/mol. The van der Waals surface area contributed by atoms with Gasteiger partial charge < -0.3 is 4.40 Å². The molecule has 0 aliphatic carbocycles. The summed E-state index contributed by atoms with van der Waals surface area (Å²) in [7, 11) is 0. The Hall–Kier alpha value is -2.92. The molecular formula is C22H19N3OS. The van der Waals surface area contributed by atoms with Crippen LogP contribution >= 0.6 is 11.8 Å². The molecule has 0 unspecified atom stereocenters. The van der Waals surface area contributed by atoms with Crippen molar-refractivity contribution >= 4 is 22.5 Å². The third-order valence-corrected chi connectivity index (χ3v) is 5.18. The lowest BCUT2D eigenvalue weighted by Crippen LogP contribution is -2.03. The Morgan fingerprint density at radius 2 is 1.78 bits per heavy atom. The average molecular weight is 373 g/mol. The fourth-order valence-electron chi connectivity index (χ4n) is 3.01. The Bertz CT molecular complexity index is 1100. The molecule has 0 amide bonds. The smallest absolute Gasteiger partial charge is 0.201 e. The lowest BCUT2D eigenvalue weighted by molar-refractivity contribution is -0.110. The van der Waals surface area contributed by atoms with Gasteiger partial charge in [0, 0.05) is 18.0 Å². The van der Waals surface area contributed by atoms with Crippen molar-refractivity contribution in [1.82, 2.24) is 14.4 Å². The van der Waals surface area contributed by atoms with Crippen LogP contribution in [0.2, 0.25) is 0 Å². The molecule has 0 N–H and O–H groups in total. The van der Waals surface area contributed by atoms with Gasteiger partial charge in [0.15, 0.2) is 0 Å². The number of pyridine rings is 2. The predicted octanol–water partition coefficient (Wildman–Crippen LogP) is 4.87. The Balaban J connectivity index is 1.75. The third-order valence-electron chi connectivity index (χ3n) is 4.36. The molecule has 5 heteroatoms. The van der Waals surface area contributed by atoms with Gasteiger partial charge in [-0.15, -0.1) is 0 Å². The highest BCUT2D eigenvalue weighted by molar-refractivity contribution is 8.13. The Morgan fingerprint density at radius 3 is 2.52 bits per heavy atom. The van der Waals surface area contributed by atoms with E-state index in [1.807, 2.05) is 47.9 Å². The Morgan fingerprint density at radius 1 is 1.00 bits per heavy atom. The number of thioether (sulfide) groups is 1. The first-order valence-electron chi connectivity index (χ1n) is 8.76. The molecule has 0 atom stereocenters. The van der Waals surface area contributed by atoms with E-state index in [1.54, 1.807) is 6.20 Å². The number of carbonyl (C=O) groups is 1. The number of aryl methyl sites for hydroxylation is 2. The number of imidazole rings is 1. The van der Waals surface area contributed by atoms with Crippen LogP contribution in [0.25, 0.3) is 16.9 Å². The first kappa shape index (κ1) is 17.5. The van der Waals surface area contributed by atoms with Crippen molar-refractivity contribution in [2.75, 3.05) is 0 Å². The normalized spacial score (nSPS) is 11.0. The molecule has 0 saturated heterocycles. The van der Waals surface area contributed by atoms with Crippen LogP contribution in [-0.4, -0.2) is 19.5 Å². The van der Waals surface area contributed by atoms with Crippen molar-refractivity contribution in [2.24, 2.45) is 0 Å². The van der Waals surface area contributed by atoms with Crippen LogP contribution in [0.3, 0.4) is 0 Å². The second-order valence-electron chi connectivity index (χ2n) is 6.53. The molecule has 0 saturated carbocycles. The third kappa shape index (κ3) is 3.78. The number of benzene rings is 1. The Labute approximate surface area is 162 Å². The maximum Gasteiger partial charge on any atom is 0.201 e. The molecule has 0 spiro atoms. The summed E-state index contributed by atoms with van der Waals surface area (Å²) in [5.74, 6) is 0. The number of rotatable bonds is 4. The molecule has 27 heavy (non-hydrogen) atoms. The lowest BCUT2D eigenvalue weighted by Gasteiger charge is -2.06. The molecular weight excluding hydrogens is 354 g/mol. The van der Waals surface area contributed by atoms with Crippen LogP contribution in [0.4, 0.5) is 0 Å². The van der Waals surface area contributed by atoms with Crippen molar-refractivity contribution in [2.45, 2.75) is 25.3 Å². The number of fused-ring (bicyclic) bond motifs is 1. The maximum atomic E-state index is 12.7. The van der Waals surface area contributed by atoms with Crippen molar-refractivity contribution in [3.8, 4) is 11.3 Å². The highest BCUT2D eigenvalue weighted by Gasteiger charge is 2.18. The van der Waals surface area contributed by atoms with Gasteiger partial charge in [-0.2, -0.15) is 0 Å². The van der Waals surface area contributed by atoms with E-state index in [0.717, 1.165) is 28.2 Å². The zero-order valence-electron chi connectivity index (χ0n) is 15.2. The number of hydrogen-bond donors (Lipinski definition) is 0. The summed E-state index contributed by atoms with van der Waals surface area (Å²) in [5.41, 5.74) is 5.96. The van der Waals surface area contributed by atoms with Crippen LogP contribution < -0.4 is 0 Å². The number of hydrogen-bond acceptors (Lipinski definition) is 4. The van der Waals surface area contributed by atoms with Crippen molar-refractivity contribution < 1.29 is 4.79 Å². The second-order valence-corrected chi connectivity index (χ2v) is 7.60. The fourth-order valence-corrected chi connectivity index (χ4v) is 3.71. The summed E-state index contributed by atoms with van der Waals surface area (Å²) < 4.78 is 2.03. The molecule has 4 aromatic rings. The molecule has 0 bridgehead atoms. The summed E-state index contributed by atoms with van der Waals surface area (Å²) in [6, 6.07) is 17.9. The van der Waals surface area contributed by atoms with Gasteiger partial charge in [-0.05, 0) is 49.4 Å². The van der Waals surface area contributed by atoms with Crippen LogP contribution in [0.5, 0.6) is 0 Å². The number of carbonyl (C=O) groups excluding carboxylic acids is 1. The number of aromatic nitrogens is 3. The SMILES string of the molecule is Cc1ccc(-c2nc3ccc(C)cn3c2CC(=O)Sc2ccccn2)cc1. The van der Waals surface area contributed by atoms with E-state index < -0.39 is 0 Å². The molecule has 4 rings (SSSR count). The van der Waals surface area contributed by atoms with E-state index in [4.69, 9.17) is 4.98 Å². The van der Waals surface area contributed by atoms with Gasteiger partial charge in [-0.3, -0.25) is 4.79 Å². The average Bonchev–Trinajstić information content (AvgIpc) is 3.01. The van der Waals surface area contributed by atoms with E-state index >= 15 is 0 Å². The quantitative estimate of drug-likeness (QED) is 0.479. The van der Waals surface area contributed by atoms with Crippen molar-refractivity contribution in [1.29, 1.82) is 0 Å². The summed E-state index contributed by atoms with van der Waals surface area (Å²) >= 11 is 1.17. The number of nitrogens with zero attached hydrogens (tertiary/aromatic N) is 3. The lowest BCUT2D eigenvalue weighted by atomic mass is 10.1. The van der Waals surface area contributed by atoms with E-state index in [0.29, 0.717) is 5.03 Å². The van der Waals surface area contributed by atoms with Gasteiger partial charge >= 0.3 is 0 Å². The molecule has 3 aromatic heterocycles. The molecule has 4 nitrogen and oxygen atoms in total.